The highest BCUT2D eigenvalue weighted by Crippen LogP contribution is 2.33. The van der Waals surface area contributed by atoms with Crippen LogP contribution in [0.25, 0.3) is 0 Å². The van der Waals surface area contributed by atoms with Gasteiger partial charge in [0, 0.05) is 6.04 Å². The normalized spacial score (nSPS) is 19.2. The van der Waals surface area contributed by atoms with Crippen molar-refractivity contribution in [1.82, 2.24) is 5.32 Å². The Labute approximate surface area is 90.9 Å². The third-order valence-electron chi connectivity index (χ3n) is 2.96. The van der Waals surface area contributed by atoms with Crippen LogP contribution in [0.1, 0.15) is 31.4 Å². The van der Waals surface area contributed by atoms with Crippen LogP contribution in [0.3, 0.4) is 0 Å². The van der Waals surface area contributed by atoms with Crippen LogP contribution >= 0.6 is 0 Å². The quantitative estimate of drug-likeness (QED) is 0.811. The molecule has 0 aromatic heterocycles. The Kier molecular flexibility index (Phi) is 3.03. The largest absolute Gasteiger partial charge is 0.295 e. The summed E-state index contributed by atoms with van der Waals surface area (Å²) in [5.41, 5.74) is 1.25. The summed E-state index contributed by atoms with van der Waals surface area (Å²) in [4.78, 5) is 0. The molecule has 2 heteroatoms. The third kappa shape index (κ3) is 2.57. The van der Waals surface area contributed by atoms with Crippen LogP contribution in [0.5, 0.6) is 0 Å². The fourth-order valence-corrected chi connectivity index (χ4v) is 1.82. The van der Waals surface area contributed by atoms with Gasteiger partial charge in [0.1, 0.15) is 0 Å². The van der Waals surface area contributed by atoms with Crippen molar-refractivity contribution in [3.63, 3.8) is 0 Å². The molecule has 1 unspecified atom stereocenters. The summed E-state index contributed by atoms with van der Waals surface area (Å²) in [5, 5.41) is 12.4. The maximum Gasteiger partial charge on any atom is 0.0986 e. The Morgan fingerprint density at radius 3 is 2.53 bits per heavy atom. The zero-order chi connectivity index (χ0) is 10.7. The molecule has 15 heavy (non-hydrogen) atoms. The summed E-state index contributed by atoms with van der Waals surface area (Å²) < 4.78 is 0. The molecule has 0 bridgehead atoms. The molecule has 0 spiro atoms. The average molecular weight is 200 g/mol. The van der Waals surface area contributed by atoms with E-state index in [0.29, 0.717) is 5.92 Å². The van der Waals surface area contributed by atoms with Crippen molar-refractivity contribution in [2.45, 2.75) is 31.8 Å². The predicted octanol–water partition coefficient (Wildman–Crippen LogP) is 2.64. The van der Waals surface area contributed by atoms with Gasteiger partial charge in [-0.3, -0.25) is 5.32 Å². The molecule has 1 aliphatic rings. The van der Waals surface area contributed by atoms with Crippen molar-refractivity contribution in [3.05, 3.63) is 35.9 Å². The summed E-state index contributed by atoms with van der Waals surface area (Å²) in [6, 6.07) is 12.9. The molecule has 1 N–H and O–H groups in total. The molecule has 2 atom stereocenters. The Hall–Kier alpha value is -1.33. The van der Waals surface area contributed by atoms with E-state index >= 15 is 0 Å². The molecule has 0 heterocycles. The summed E-state index contributed by atoms with van der Waals surface area (Å²) in [5.74, 6) is 0.584. The molecule has 2 nitrogen and oxygen atoms in total. The first-order valence-electron chi connectivity index (χ1n) is 5.52. The van der Waals surface area contributed by atoms with Gasteiger partial charge in [0.05, 0.1) is 12.1 Å². The van der Waals surface area contributed by atoms with Crippen LogP contribution < -0.4 is 5.32 Å². The molecular weight excluding hydrogens is 184 g/mol. The molecule has 0 amide bonds. The highest BCUT2D eigenvalue weighted by atomic mass is 15.0. The maximum atomic E-state index is 9.02. The molecule has 1 aliphatic carbocycles. The Morgan fingerprint density at radius 2 is 2.00 bits per heavy atom. The van der Waals surface area contributed by atoms with Gasteiger partial charge in [0.15, 0.2) is 0 Å². The SMILES string of the molecule is C[C@H](NC(C#N)C1CC1)c1ccccc1. The Balaban J connectivity index is 1.97. The lowest BCUT2D eigenvalue weighted by atomic mass is 10.1. The van der Waals surface area contributed by atoms with Gasteiger partial charge in [-0.2, -0.15) is 5.26 Å². The Morgan fingerprint density at radius 1 is 1.33 bits per heavy atom. The Bertz CT molecular complexity index is 349. The lowest BCUT2D eigenvalue weighted by Gasteiger charge is -2.18. The van der Waals surface area contributed by atoms with Crippen LogP contribution in [0.15, 0.2) is 30.3 Å². The number of nitrogens with one attached hydrogen (secondary N) is 1. The van der Waals surface area contributed by atoms with Crippen LogP contribution in [0.2, 0.25) is 0 Å². The van der Waals surface area contributed by atoms with E-state index in [4.69, 9.17) is 5.26 Å². The van der Waals surface area contributed by atoms with Gasteiger partial charge < -0.3 is 0 Å². The van der Waals surface area contributed by atoms with Crippen LogP contribution in [0.4, 0.5) is 0 Å². The summed E-state index contributed by atoms with van der Waals surface area (Å²) in [6.45, 7) is 2.11. The first kappa shape index (κ1) is 10.2. The molecule has 0 aliphatic heterocycles. The third-order valence-corrected chi connectivity index (χ3v) is 2.96. The monoisotopic (exact) mass is 200 g/mol. The first-order valence-corrected chi connectivity index (χ1v) is 5.52. The van der Waals surface area contributed by atoms with Gasteiger partial charge in [-0.15, -0.1) is 0 Å². The van der Waals surface area contributed by atoms with E-state index in [1.54, 1.807) is 0 Å². The topological polar surface area (TPSA) is 35.8 Å². The van der Waals surface area contributed by atoms with E-state index in [0.717, 1.165) is 0 Å². The highest BCUT2D eigenvalue weighted by molar-refractivity contribution is 5.19. The maximum absolute atomic E-state index is 9.02. The van der Waals surface area contributed by atoms with Crippen molar-refractivity contribution in [2.75, 3.05) is 0 Å². The minimum atomic E-state index is 0.0280. The van der Waals surface area contributed by atoms with E-state index < -0.39 is 0 Å². The van der Waals surface area contributed by atoms with Gasteiger partial charge in [-0.1, -0.05) is 30.3 Å². The molecule has 1 aromatic carbocycles. The van der Waals surface area contributed by atoms with Crippen molar-refractivity contribution >= 4 is 0 Å². The van der Waals surface area contributed by atoms with E-state index in [1.165, 1.54) is 18.4 Å². The highest BCUT2D eigenvalue weighted by Gasteiger charge is 2.31. The number of nitriles is 1. The van der Waals surface area contributed by atoms with Crippen molar-refractivity contribution in [2.24, 2.45) is 5.92 Å². The molecule has 0 saturated heterocycles. The first-order chi connectivity index (χ1) is 7.31. The van der Waals surface area contributed by atoms with Crippen LogP contribution in [0, 0.1) is 17.2 Å². The van der Waals surface area contributed by atoms with E-state index in [9.17, 15) is 0 Å². The second kappa shape index (κ2) is 4.46. The predicted molar refractivity (Wildman–Crippen MR) is 60.1 cm³/mol. The average Bonchev–Trinajstić information content (AvgIpc) is 3.10. The number of nitrogens with zero attached hydrogens (tertiary/aromatic N) is 1. The second-order valence-electron chi connectivity index (χ2n) is 4.24. The minimum absolute atomic E-state index is 0.0280. The van der Waals surface area contributed by atoms with Gasteiger partial charge in [-0.25, -0.2) is 0 Å². The fraction of sp³-hybridized carbons (Fsp3) is 0.462. The van der Waals surface area contributed by atoms with Gasteiger partial charge in [-0.05, 0) is 31.2 Å². The van der Waals surface area contributed by atoms with E-state index in [1.807, 2.05) is 18.2 Å². The van der Waals surface area contributed by atoms with Gasteiger partial charge in [0.25, 0.3) is 0 Å². The number of hydrogen-bond acceptors (Lipinski definition) is 2. The minimum Gasteiger partial charge on any atom is -0.295 e. The lowest BCUT2D eigenvalue weighted by Crippen LogP contribution is -2.31. The van der Waals surface area contributed by atoms with Gasteiger partial charge in [0.2, 0.25) is 0 Å². The molecule has 78 valence electrons. The zero-order valence-electron chi connectivity index (χ0n) is 8.98. The molecule has 2 rings (SSSR count). The fourth-order valence-electron chi connectivity index (χ4n) is 1.82. The summed E-state index contributed by atoms with van der Waals surface area (Å²) >= 11 is 0. The van der Waals surface area contributed by atoms with Crippen LogP contribution in [-0.2, 0) is 0 Å². The van der Waals surface area contributed by atoms with E-state index in [2.05, 4.69) is 30.4 Å². The van der Waals surface area contributed by atoms with Crippen LogP contribution in [-0.4, -0.2) is 6.04 Å². The zero-order valence-corrected chi connectivity index (χ0v) is 8.98. The number of rotatable bonds is 4. The molecule has 1 saturated carbocycles. The smallest absolute Gasteiger partial charge is 0.0986 e. The molecular formula is C13H16N2. The lowest BCUT2D eigenvalue weighted by molar-refractivity contribution is 0.482. The van der Waals surface area contributed by atoms with E-state index in [-0.39, 0.29) is 12.1 Å². The number of hydrogen-bond donors (Lipinski definition) is 1. The standard InChI is InChI=1S/C13H16N2/c1-10(11-5-3-2-4-6-11)15-13(9-14)12-7-8-12/h2-6,10,12-13,15H,7-8H2,1H3/t10-,13?/m0/s1. The number of benzene rings is 1. The van der Waals surface area contributed by atoms with Crippen molar-refractivity contribution < 1.29 is 0 Å². The molecule has 1 fully saturated rings. The van der Waals surface area contributed by atoms with Crippen molar-refractivity contribution in [1.29, 1.82) is 5.26 Å². The van der Waals surface area contributed by atoms with Crippen molar-refractivity contribution in [3.8, 4) is 6.07 Å². The summed E-state index contributed by atoms with van der Waals surface area (Å²) in [6.07, 6.45) is 2.40. The summed E-state index contributed by atoms with van der Waals surface area (Å²) in [7, 11) is 0. The van der Waals surface area contributed by atoms with Gasteiger partial charge >= 0.3 is 0 Å². The molecule has 1 aromatic rings. The second-order valence-corrected chi connectivity index (χ2v) is 4.24. The molecule has 0 radical (unpaired) electrons.